The summed E-state index contributed by atoms with van der Waals surface area (Å²) in [6.07, 6.45) is 0. The van der Waals surface area contributed by atoms with E-state index in [0.717, 1.165) is 12.3 Å². The minimum atomic E-state index is -0.486. The lowest BCUT2D eigenvalue weighted by Crippen LogP contribution is -2.46. The number of carbonyl (C=O) groups is 1. The number of thioether (sulfide) groups is 1. The molecule has 1 amide bonds. The second kappa shape index (κ2) is 6.04. The number of anilines is 1. The van der Waals surface area contributed by atoms with E-state index in [1.807, 2.05) is 6.07 Å². The first-order valence-corrected chi connectivity index (χ1v) is 7.09. The molecule has 1 heterocycles. The van der Waals surface area contributed by atoms with Crippen LogP contribution in [-0.4, -0.2) is 30.0 Å². The van der Waals surface area contributed by atoms with Gasteiger partial charge in [-0.15, -0.1) is 0 Å². The maximum Gasteiger partial charge on any atom is 0.242 e. The highest BCUT2D eigenvalue weighted by molar-refractivity contribution is 7.99. The van der Waals surface area contributed by atoms with Crippen molar-refractivity contribution in [2.24, 2.45) is 0 Å². The molecule has 1 atom stereocenters. The zero-order valence-electron chi connectivity index (χ0n) is 10.5. The Kier molecular flexibility index (Phi) is 4.40. The molecule has 2 rings (SSSR count). The number of hydrogen-bond donors (Lipinski definition) is 2. The van der Waals surface area contributed by atoms with Gasteiger partial charge in [-0.1, -0.05) is 0 Å². The standard InChI is InChI=1S/C13H14FN3OS/c1-8-10(14)4-9(6-15)5-11(8)17-13(18)12-7-19-3-2-16-12/h4-5,12,16H,2-3,7H2,1H3,(H,17,18). The molecule has 1 fully saturated rings. The van der Waals surface area contributed by atoms with Gasteiger partial charge in [0.25, 0.3) is 0 Å². The van der Waals surface area contributed by atoms with E-state index in [-0.39, 0.29) is 17.5 Å². The first-order valence-electron chi connectivity index (χ1n) is 5.94. The molecule has 100 valence electrons. The van der Waals surface area contributed by atoms with Crippen LogP contribution in [0.15, 0.2) is 12.1 Å². The summed E-state index contributed by atoms with van der Waals surface area (Å²) in [7, 11) is 0. The molecule has 19 heavy (non-hydrogen) atoms. The monoisotopic (exact) mass is 279 g/mol. The molecule has 1 unspecified atom stereocenters. The predicted molar refractivity (Wildman–Crippen MR) is 73.6 cm³/mol. The van der Waals surface area contributed by atoms with Crippen molar-refractivity contribution in [1.82, 2.24) is 5.32 Å². The summed E-state index contributed by atoms with van der Waals surface area (Å²) < 4.78 is 13.6. The highest BCUT2D eigenvalue weighted by Crippen LogP contribution is 2.21. The Labute approximate surface area is 115 Å². The minimum Gasteiger partial charge on any atom is -0.324 e. The van der Waals surface area contributed by atoms with Crippen LogP contribution in [0.25, 0.3) is 0 Å². The molecule has 6 heteroatoms. The van der Waals surface area contributed by atoms with Crippen molar-refractivity contribution in [3.05, 3.63) is 29.1 Å². The molecule has 1 aromatic rings. The summed E-state index contributed by atoms with van der Waals surface area (Å²) in [5.74, 6) is 1.01. The molecule has 4 nitrogen and oxygen atoms in total. The van der Waals surface area contributed by atoms with Crippen LogP contribution < -0.4 is 10.6 Å². The fourth-order valence-corrected chi connectivity index (χ4v) is 2.76. The third kappa shape index (κ3) is 3.25. The van der Waals surface area contributed by atoms with Crippen molar-refractivity contribution in [2.45, 2.75) is 13.0 Å². The quantitative estimate of drug-likeness (QED) is 0.864. The molecule has 0 aromatic heterocycles. The maximum atomic E-state index is 13.6. The highest BCUT2D eigenvalue weighted by atomic mass is 32.2. The lowest BCUT2D eigenvalue weighted by Gasteiger charge is -2.22. The Morgan fingerprint density at radius 2 is 2.42 bits per heavy atom. The van der Waals surface area contributed by atoms with Gasteiger partial charge in [-0.05, 0) is 19.1 Å². The van der Waals surface area contributed by atoms with Crippen molar-refractivity contribution in [3.8, 4) is 6.07 Å². The van der Waals surface area contributed by atoms with Crippen molar-refractivity contribution in [2.75, 3.05) is 23.4 Å². The maximum absolute atomic E-state index is 13.6. The molecule has 0 saturated carbocycles. The molecule has 0 aliphatic carbocycles. The largest absolute Gasteiger partial charge is 0.324 e. The number of carbonyl (C=O) groups excluding carboxylic acids is 1. The first kappa shape index (κ1) is 13.8. The van der Waals surface area contributed by atoms with Crippen molar-refractivity contribution in [3.63, 3.8) is 0 Å². The zero-order chi connectivity index (χ0) is 13.8. The Morgan fingerprint density at radius 3 is 3.05 bits per heavy atom. The van der Waals surface area contributed by atoms with Crippen LogP contribution in [0, 0.1) is 24.1 Å². The number of rotatable bonds is 2. The van der Waals surface area contributed by atoms with E-state index < -0.39 is 5.82 Å². The van der Waals surface area contributed by atoms with Gasteiger partial charge in [-0.25, -0.2) is 4.39 Å². The Hall–Kier alpha value is -1.58. The lowest BCUT2D eigenvalue weighted by molar-refractivity contribution is -0.117. The van der Waals surface area contributed by atoms with E-state index in [4.69, 9.17) is 5.26 Å². The van der Waals surface area contributed by atoms with Crippen LogP contribution in [0.2, 0.25) is 0 Å². The molecule has 2 N–H and O–H groups in total. The second-order valence-electron chi connectivity index (χ2n) is 4.31. The van der Waals surface area contributed by atoms with E-state index >= 15 is 0 Å². The van der Waals surface area contributed by atoms with Crippen LogP contribution in [-0.2, 0) is 4.79 Å². The van der Waals surface area contributed by atoms with Crippen molar-refractivity contribution >= 4 is 23.4 Å². The fourth-order valence-electron chi connectivity index (χ4n) is 1.83. The summed E-state index contributed by atoms with van der Waals surface area (Å²) in [4.78, 5) is 12.0. The zero-order valence-corrected chi connectivity index (χ0v) is 11.3. The molecule has 0 bridgehead atoms. The van der Waals surface area contributed by atoms with Crippen LogP contribution in [0.4, 0.5) is 10.1 Å². The number of nitriles is 1. The molecular formula is C13H14FN3OS. The fraction of sp³-hybridized carbons (Fsp3) is 0.385. The Morgan fingerprint density at radius 1 is 1.63 bits per heavy atom. The van der Waals surface area contributed by atoms with E-state index in [1.165, 1.54) is 12.1 Å². The average molecular weight is 279 g/mol. The number of hydrogen-bond acceptors (Lipinski definition) is 4. The van der Waals surface area contributed by atoms with Gasteiger partial charge in [0.15, 0.2) is 0 Å². The van der Waals surface area contributed by atoms with Crippen LogP contribution >= 0.6 is 11.8 Å². The molecule has 0 spiro atoms. The molecule has 0 radical (unpaired) electrons. The number of nitrogens with one attached hydrogen (secondary N) is 2. The van der Waals surface area contributed by atoms with E-state index in [2.05, 4.69) is 10.6 Å². The summed E-state index contributed by atoms with van der Waals surface area (Å²) in [5.41, 5.74) is 0.902. The molecule has 1 aliphatic rings. The predicted octanol–water partition coefficient (Wildman–Crippen LogP) is 1.65. The topological polar surface area (TPSA) is 64.9 Å². The van der Waals surface area contributed by atoms with Crippen LogP contribution in [0.5, 0.6) is 0 Å². The van der Waals surface area contributed by atoms with Gasteiger partial charge in [-0.3, -0.25) is 4.79 Å². The molecule has 1 aliphatic heterocycles. The number of halogens is 1. The van der Waals surface area contributed by atoms with Gasteiger partial charge in [0, 0.05) is 29.3 Å². The average Bonchev–Trinajstić information content (AvgIpc) is 2.44. The smallest absolute Gasteiger partial charge is 0.242 e. The summed E-state index contributed by atoms with van der Waals surface area (Å²) in [6.45, 7) is 2.36. The van der Waals surface area contributed by atoms with Crippen molar-refractivity contribution in [1.29, 1.82) is 5.26 Å². The van der Waals surface area contributed by atoms with Gasteiger partial charge >= 0.3 is 0 Å². The van der Waals surface area contributed by atoms with Crippen LogP contribution in [0.1, 0.15) is 11.1 Å². The number of nitrogens with zero attached hydrogens (tertiary/aromatic N) is 1. The first-order chi connectivity index (χ1) is 9.11. The van der Waals surface area contributed by atoms with Crippen molar-refractivity contribution < 1.29 is 9.18 Å². The van der Waals surface area contributed by atoms with Gasteiger partial charge in [0.1, 0.15) is 5.82 Å². The van der Waals surface area contributed by atoms with E-state index in [9.17, 15) is 9.18 Å². The van der Waals surface area contributed by atoms with Gasteiger partial charge in [0.05, 0.1) is 17.7 Å². The van der Waals surface area contributed by atoms with E-state index in [1.54, 1.807) is 18.7 Å². The summed E-state index contributed by atoms with van der Waals surface area (Å²) in [6, 6.07) is 4.26. The number of amides is 1. The molecule has 1 aromatic carbocycles. The van der Waals surface area contributed by atoms with Gasteiger partial charge in [-0.2, -0.15) is 17.0 Å². The van der Waals surface area contributed by atoms with E-state index in [0.29, 0.717) is 17.0 Å². The normalized spacial score (nSPS) is 18.7. The second-order valence-corrected chi connectivity index (χ2v) is 5.46. The molecular weight excluding hydrogens is 265 g/mol. The third-order valence-electron chi connectivity index (χ3n) is 2.97. The molecule has 1 saturated heterocycles. The Balaban J connectivity index is 2.16. The third-order valence-corrected chi connectivity index (χ3v) is 4.03. The lowest BCUT2D eigenvalue weighted by atomic mass is 10.1. The van der Waals surface area contributed by atoms with Gasteiger partial charge < -0.3 is 10.6 Å². The summed E-state index contributed by atoms with van der Waals surface area (Å²) >= 11 is 1.71. The Bertz CT molecular complexity index is 535. The van der Waals surface area contributed by atoms with Gasteiger partial charge in [0.2, 0.25) is 5.91 Å². The number of benzene rings is 1. The highest BCUT2D eigenvalue weighted by Gasteiger charge is 2.21. The van der Waals surface area contributed by atoms with Crippen LogP contribution in [0.3, 0.4) is 0 Å². The SMILES string of the molecule is Cc1c(F)cc(C#N)cc1NC(=O)C1CSCCN1. The minimum absolute atomic E-state index is 0.190. The summed E-state index contributed by atoms with van der Waals surface area (Å²) in [5, 5.41) is 14.6.